The van der Waals surface area contributed by atoms with Crippen molar-refractivity contribution >= 4 is 16.2 Å². The van der Waals surface area contributed by atoms with Crippen LogP contribution in [0.4, 0.5) is 4.79 Å². The van der Waals surface area contributed by atoms with Crippen LogP contribution in [-0.4, -0.2) is 50.7 Å². The van der Waals surface area contributed by atoms with Crippen molar-refractivity contribution in [1.29, 1.82) is 0 Å². The lowest BCUT2D eigenvalue weighted by Gasteiger charge is -2.52. The summed E-state index contributed by atoms with van der Waals surface area (Å²) in [5.74, 6) is 0. The molecule has 7 nitrogen and oxygen atoms in total. The molecule has 2 saturated heterocycles. The van der Waals surface area contributed by atoms with Crippen molar-refractivity contribution in [1.82, 2.24) is 5.32 Å². The van der Waals surface area contributed by atoms with Gasteiger partial charge < -0.3 is 14.8 Å². The molecule has 1 saturated carbocycles. The van der Waals surface area contributed by atoms with Crippen LogP contribution >= 0.6 is 0 Å². The Labute approximate surface area is 131 Å². The lowest BCUT2D eigenvalue weighted by atomic mass is 9.71. The summed E-state index contributed by atoms with van der Waals surface area (Å²) < 4.78 is 38.3. The van der Waals surface area contributed by atoms with Crippen molar-refractivity contribution in [3.8, 4) is 0 Å². The Kier molecular flexibility index (Phi) is 4.49. The molecule has 2 bridgehead atoms. The molecule has 0 spiro atoms. The van der Waals surface area contributed by atoms with Crippen molar-refractivity contribution in [3.05, 3.63) is 0 Å². The van der Waals surface area contributed by atoms with E-state index in [1.165, 1.54) is 0 Å². The maximum absolute atomic E-state index is 12.0. The third kappa shape index (κ3) is 4.57. The Balaban J connectivity index is 1.91. The van der Waals surface area contributed by atoms with E-state index in [4.69, 9.17) is 13.7 Å². The third-order valence-electron chi connectivity index (χ3n) is 4.08. The highest BCUT2D eigenvalue weighted by Crippen LogP contribution is 2.44. The lowest BCUT2D eigenvalue weighted by molar-refractivity contribution is -0.174. The fraction of sp³-hybridized carbons (Fsp3) is 0.929. The van der Waals surface area contributed by atoms with E-state index in [2.05, 4.69) is 5.32 Å². The molecule has 0 unspecified atom stereocenters. The quantitative estimate of drug-likeness (QED) is 0.784. The Morgan fingerprint density at radius 3 is 2.23 bits per heavy atom. The zero-order valence-corrected chi connectivity index (χ0v) is 14.4. The molecule has 0 aromatic rings. The van der Waals surface area contributed by atoms with Gasteiger partial charge in [-0.2, -0.15) is 8.42 Å². The summed E-state index contributed by atoms with van der Waals surface area (Å²) in [5.41, 5.74) is -1.52. The van der Waals surface area contributed by atoms with Crippen LogP contribution in [0.15, 0.2) is 0 Å². The van der Waals surface area contributed by atoms with Crippen molar-refractivity contribution < 1.29 is 26.9 Å². The molecule has 22 heavy (non-hydrogen) atoms. The summed E-state index contributed by atoms with van der Waals surface area (Å²) in [6.07, 6.45) is 3.33. The first-order valence-electron chi connectivity index (χ1n) is 7.42. The van der Waals surface area contributed by atoms with Crippen LogP contribution in [0, 0.1) is 0 Å². The normalized spacial score (nSPS) is 31.8. The smallest absolute Gasteiger partial charge is 0.408 e. The average Bonchev–Trinajstić information content (AvgIpc) is 2.35. The van der Waals surface area contributed by atoms with Crippen LogP contribution < -0.4 is 5.32 Å². The average molecular weight is 335 g/mol. The molecule has 1 N–H and O–H groups in total. The molecule has 1 amide bonds. The number of amides is 1. The largest absolute Gasteiger partial charge is 0.444 e. The first kappa shape index (κ1) is 17.5. The first-order valence-corrected chi connectivity index (χ1v) is 9.24. The Hall–Kier alpha value is -0.860. The van der Waals surface area contributed by atoms with Crippen LogP contribution in [0.2, 0.25) is 0 Å². The highest BCUT2D eigenvalue weighted by atomic mass is 32.2. The Morgan fingerprint density at radius 1 is 1.23 bits per heavy atom. The van der Waals surface area contributed by atoms with Crippen molar-refractivity contribution in [2.75, 3.05) is 19.5 Å². The number of hydrogen-bond donors (Lipinski definition) is 1. The zero-order chi connectivity index (χ0) is 16.6. The fourth-order valence-electron chi connectivity index (χ4n) is 2.85. The van der Waals surface area contributed by atoms with Gasteiger partial charge in [0.15, 0.2) is 0 Å². The van der Waals surface area contributed by atoms with Gasteiger partial charge in [0.05, 0.1) is 30.6 Å². The highest BCUT2D eigenvalue weighted by Gasteiger charge is 2.51. The molecule has 3 fully saturated rings. The number of ether oxygens (including phenoxy) is 2. The second-order valence-corrected chi connectivity index (χ2v) is 8.99. The van der Waals surface area contributed by atoms with Crippen molar-refractivity contribution in [2.24, 2.45) is 0 Å². The van der Waals surface area contributed by atoms with E-state index < -0.39 is 33.0 Å². The molecule has 3 rings (SSSR count). The molecule has 2 aliphatic heterocycles. The molecule has 8 heteroatoms. The van der Waals surface area contributed by atoms with Gasteiger partial charge >= 0.3 is 6.09 Å². The number of alkyl carbamates (subject to hydrolysis) is 1. The number of rotatable bonds is 4. The lowest BCUT2D eigenvalue weighted by Crippen LogP contribution is -2.64. The van der Waals surface area contributed by atoms with Gasteiger partial charge in [-0.25, -0.2) is 4.79 Å². The second kappa shape index (κ2) is 5.65. The van der Waals surface area contributed by atoms with E-state index in [0.29, 0.717) is 19.4 Å². The Bertz CT molecular complexity index is 511. The molecule has 0 aromatic heterocycles. The summed E-state index contributed by atoms with van der Waals surface area (Å²) in [7, 11) is -3.48. The number of carbonyl (C=O) groups excluding carboxylic acids is 1. The van der Waals surface area contributed by atoms with Gasteiger partial charge in [-0.05, 0) is 46.5 Å². The molecule has 1 aliphatic carbocycles. The summed E-state index contributed by atoms with van der Waals surface area (Å²) >= 11 is 0. The van der Waals surface area contributed by atoms with Crippen LogP contribution in [0.5, 0.6) is 0 Å². The molecule has 0 aromatic carbocycles. The Morgan fingerprint density at radius 2 is 1.82 bits per heavy atom. The SMILES string of the molecule is CC(C)(C)OC(=O)NC12CCC(COS(C)(=O)=O)(CC1)OC2. The van der Waals surface area contributed by atoms with Gasteiger partial charge in [-0.3, -0.25) is 4.18 Å². The van der Waals surface area contributed by atoms with Gasteiger partial charge in [0.25, 0.3) is 10.1 Å². The first-order chi connectivity index (χ1) is 9.93. The summed E-state index contributed by atoms with van der Waals surface area (Å²) in [5, 5.41) is 2.92. The van der Waals surface area contributed by atoms with Gasteiger partial charge in [0.2, 0.25) is 0 Å². The minimum Gasteiger partial charge on any atom is -0.444 e. The molecular formula is C14H25NO6S. The number of fused-ring (bicyclic) bond motifs is 3. The summed E-state index contributed by atoms with van der Waals surface area (Å²) in [6, 6.07) is 0. The molecule has 0 atom stereocenters. The fourth-order valence-corrected chi connectivity index (χ4v) is 3.27. The van der Waals surface area contributed by atoms with Gasteiger partial charge in [-0.1, -0.05) is 0 Å². The predicted octanol–water partition coefficient (Wildman–Crippen LogP) is 1.57. The predicted molar refractivity (Wildman–Crippen MR) is 80.0 cm³/mol. The van der Waals surface area contributed by atoms with Crippen LogP contribution in [0.3, 0.4) is 0 Å². The highest BCUT2D eigenvalue weighted by molar-refractivity contribution is 7.85. The van der Waals surface area contributed by atoms with Crippen molar-refractivity contribution in [2.45, 2.75) is 63.2 Å². The topological polar surface area (TPSA) is 90.9 Å². The van der Waals surface area contributed by atoms with E-state index in [-0.39, 0.29) is 6.61 Å². The molecule has 3 aliphatic rings. The second-order valence-electron chi connectivity index (χ2n) is 7.35. The minimum absolute atomic E-state index is 0.0361. The number of carbonyl (C=O) groups is 1. The maximum Gasteiger partial charge on any atom is 0.408 e. The van der Waals surface area contributed by atoms with Crippen LogP contribution in [-0.2, 0) is 23.8 Å². The molecular weight excluding hydrogens is 310 g/mol. The van der Waals surface area contributed by atoms with Gasteiger partial charge in [0.1, 0.15) is 5.60 Å². The van der Waals surface area contributed by atoms with Crippen LogP contribution in [0.1, 0.15) is 46.5 Å². The summed E-state index contributed by atoms with van der Waals surface area (Å²) in [4.78, 5) is 12.0. The number of nitrogens with one attached hydrogen (secondary N) is 1. The summed E-state index contributed by atoms with van der Waals surface area (Å²) in [6.45, 7) is 5.83. The van der Waals surface area contributed by atoms with Gasteiger partial charge in [-0.15, -0.1) is 0 Å². The van der Waals surface area contributed by atoms with Crippen molar-refractivity contribution in [3.63, 3.8) is 0 Å². The maximum atomic E-state index is 12.0. The van der Waals surface area contributed by atoms with E-state index in [0.717, 1.165) is 19.1 Å². The van der Waals surface area contributed by atoms with E-state index in [1.54, 1.807) is 0 Å². The van der Waals surface area contributed by atoms with Crippen LogP contribution in [0.25, 0.3) is 0 Å². The standard InChI is InChI=1S/C14H25NO6S/c1-12(2,3)21-11(16)15-13-5-7-14(8-6-13,19-9-13)10-20-22(4,17)18/h5-10H2,1-4H3,(H,15,16). The number of hydrogen-bond acceptors (Lipinski definition) is 6. The third-order valence-corrected chi connectivity index (χ3v) is 4.62. The molecule has 0 radical (unpaired) electrons. The zero-order valence-electron chi connectivity index (χ0n) is 13.6. The molecule has 128 valence electrons. The van der Waals surface area contributed by atoms with E-state index in [9.17, 15) is 13.2 Å². The van der Waals surface area contributed by atoms with Gasteiger partial charge in [0, 0.05) is 0 Å². The molecule has 2 heterocycles. The van der Waals surface area contributed by atoms with E-state index in [1.807, 2.05) is 20.8 Å². The minimum atomic E-state index is -3.48. The van der Waals surface area contributed by atoms with E-state index >= 15 is 0 Å². The monoisotopic (exact) mass is 335 g/mol.